The van der Waals surface area contributed by atoms with Gasteiger partial charge in [0.15, 0.2) is 9.84 Å². The van der Waals surface area contributed by atoms with Gasteiger partial charge in [-0.25, -0.2) is 8.42 Å². The number of methoxy groups -OCH3 is 1. The quantitative estimate of drug-likeness (QED) is 0.678. The molecule has 94 valence electrons. The Kier molecular flexibility index (Phi) is 3.96. The molecule has 0 amide bonds. The van der Waals surface area contributed by atoms with Crippen LogP contribution < -0.4 is 0 Å². The Morgan fingerprint density at radius 1 is 1.38 bits per heavy atom. The molecule has 1 fully saturated rings. The highest BCUT2D eigenvalue weighted by molar-refractivity contribution is 7.92. The van der Waals surface area contributed by atoms with Gasteiger partial charge < -0.3 is 4.74 Å². The molecule has 0 spiro atoms. The predicted molar refractivity (Wildman–Crippen MR) is 60.6 cm³/mol. The van der Waals surface area contributed by atoms with E-state index in [-0.39, 0.29) is 5.97 Å². The lowest BCUT2D eigenvalue weighted by Crippen LogP contribution is -2.43. The molecule has 0 aliphatic carbocycles. The van der Waals surface area contributed by atoms with Crippen molar-refractivity contribution >= 4 is 15.8 Å². The van der Waals surface area contributed by atoms with Crippen LogP contribution in [0.4, 0.5) is 0 Å². The molecule has 0 aromatic rings. The summed E-state index contributed by atoms with van der Waals surface area (Å²) < 4.78 is 28.7. The molecule has 16 heavy (non-hydrogen) atoms. The first-order chi connectivity index (χ1) is 7.32. The average Bonchev–Trinajstić information content (AvgIpc) is 2.59. The summed E-state index contributed by atoms with van der Waals surface area (Å²) in [6.07, 6.45) is 1.04. The van der Waals surface area contributed by atoms with Gasteiger partial charge >= 0.3 is 5.97 Å². The third-order valence-corrected chi connectivity index (χ3v) is 5.78. The third kappa shape index (κ3) is 2.22. The molecule has 2 unspecified atom stereocenters. The Bertz CT molecular complexity index is 363. The van der Waals surface area contributed by atoms with Crippen LogP contribution in [-0.2, 0) is 19.4 Å². The van der Waals surface area contributed by atoms with Crippen molar-refractivity contribution < 1.29 is 17.9 Å². The van der Waals surface area contributed by atoms with Gasteiger partial charge in [0.2, 0.25) is 0 Å². The molecular weight excluding hydrogens is 230 g/mol. The smallest absolute Gasteiger partial charge is 0.323 e. The van der Waals surface area contributed by atoms with Crippen molar-refractivity contribution in [1.29, 1.82) is 0 Å². The van der Waals surface area contributed by atoms with E-state index in [1.54, 1.807) is 25.8 Å². The zero-order valence-corrected chi connectivity index (χ0v) is 11.0. The summed E-state index contributed by atoms with van der Waals surface area (Å²) in [7, 11) is -0.197. The fraction of sp³-hybridized carbons (Fsp3) is 0.900. The molecule has 6 heteroatoms. The zero-order valence-electron chi connectivity index (χ0n) is 10.1. The summed E-state index contributed by atoms with van der Waals surface area (Å²) in [6, 6.07) is -0.427. The first-order valence-electron chi connectivity index (χ1n) is 5.34. The van der Waals surface area contributed by atoms with Crippen LogP contribution >= 0.6 is 0 Å². The van der Waals surface area contributed by atoms with E-state index in [0.717, 1.165) is 0 Å². The topological polar surface area (TPSA) is 63.7 Å². The zero-order chi connectivity index (χ0) is 12.5. The van der Waals surface area contributed by atoms with Crippen LogP contribution in [0.3, 0.4) is 0 Å². The lowest BCUT2D eigenvalue weighted by atomic mass is 10.2. The molecule has 1 heterocycles. The number of ether oxygens (including phenoxy) is 1. The Balaban J connectivity index is 2.87. The van der Waals surface area contributed by atoms with Crippen molar-refractivity contribution in [3.05, 3.63) is 0 Å². The number of hydrogen-bond acceptors (Lipinski definition) is 5. The molecule has 0 N–H and O–H groups in total. The fourth-order valence-corrected chi connectivity index (χ4v) is 3.74. The number of esters is 1. The van der Waals surface area contributed by atoms with Gasteiger partial charge in [0.1, 0.15) is 11.4 Å². The molecular formula is C10H19NO4S. The highest BCUT2D eigenvalue weighted by Crippen LogP contribution is 2.28. The van der Waals surface area contributed by atoms with E-state index >= 15 is 0 Å². The van der Waals surface area contributed by atoms with Crippen molar-refractivity contribution in [3.8, 4) is 0 Å². The number of sulfone groups is 1. The largest absolute Gasteiger partial charge is 0.468 e. The maximum atomic E-state index is 12.0. The maximum absolute atomic E-state index is 12.0. The Labute approximate surface area is 96.7 Å². The van der Waals surface area contributed by atoms with Crippen LogP contribution in [0.2, 0.25) is 0 Å². The van der Waals surface area contributed by atoms with E-state index in [2.05, 4.69) is 4.74 Å². The molecule has 1 saturated heterocycles. The van der Waals surface area contributed by atoms with Crippen LogP contribution in [-0.4, -0.2) is 50.1 Å². The molecule has 5 nitrogen and oxygen atoms in total. The van der Waals surface area contributed by atoms with Gasteiger partial charge in [0.05, 0.1) is 12.4 Å². The summed E-state index contributed by atoms with van der Waals surface area (Å²) in [5, 5.41) is -0.979. The number of rotatable bonds is 3. The first-order valence-corrected chi connectivity index (χ1v) is 6.95. The van der Waals surface area contributed by atoms with Gasteiger partial charge in [-0.15, -0.1) is 0 Å². The van der Waals surface area contributed by atoms with Crippen LogP contribution in [0.15, 0.2) is 0 Å². The number of nitrogens with zero attached hydrogens (tertiary/aromatic N) is 1. The summed E-state index contributed by atoms with van der Waals surface area (Å²) in [5.74, 6) is -0.357. The van der Waals surface area contributed by atoms with Gasteiger partial charge in [0.25, 0.3) is 0 Å². The Morgan fingerprint density at radius 3 is 2.38 bits per heavy atom. The molecule has 0 aromatic carbocycles. The molecule has 0 radical (unpaired) electrons. The van der Waals surface area contributed by atoms with Crippen molar-refractivity contribution in [2.45, 2.75) is 43.4 Å². The van der Waals surface area contributed by atoms with Gasteiger partial charge in [-0.3, -0.25) is 9.69 Å². The van der Waals surface area contributed by atoms with Crippen molar-refractivity contribution in [3.63, 3.8) is 0 Å². The second-order valence-electron chi connectivity index (χ2n) is 4.37. The highest BCUT2D eigenvalue weighted by atomic mass is 32.2. The summed E-state index contributed by atoms with van der Waals surface area (Å²) in [6.45, 7) is 3.32. The minimum atomic E-state index is -3.18. The van der Waals surface area contributed by atoms with E-state index in [1.165, 1.54) is 7.11 Å². The average molecular weight is 249 g/mol. The van der Waals surface area contributed by atoms with E-state index in [4.69, 9.17) is 0 Å². The van der Waals surface area contributed by atoms with Crippen molar-refractivity contribution in [2.75, 3.05) is 14.2 Å². The normalized spacial score (nSPS) is 27.3. The van der Waals surface area contributed by atoms with Gasteiger partial charge in [0, 0.05) is 0 Å². The molecule has 1 rings (SSSR count). The lowest BCUT2D eigenvalue weighted by Gasteiger charge is -2.25. The lowest BCUT2D eigenvalue weighted by molar-refractivity contribution is -0.145. The molecule has 0 aromatic heterocycles. The molecule has 2 atom stereocenters. The van der Waals surface area contributed by atoms with Gasteiger partial charge in [-0.05, 0) is 33.7 Å². The Hall–Kier alpha value is -0.620. The number of likely N-dealkylation sites (N-methyl/N-ethyl adjacent to an activating group) is 1. The number of carbonyl (C=O) groups excluding carboxylic acids is 1. The van der Waals surface area contributed by atoms with E-state index in [9.17, 15) is 13.2 Å². The summed E-state index contributed by atoms with van der Waals surface area (Å²) in [4.78, 5) is 13.0. The first kappa shape index (κ1) is 13.4. The minimum Gasteiger partial charge on any atom is -0.468 e. The number of likely N-dealkylation sites (tertiary alicyclic amines) is 1. The predicted octanol–water partition coefficient (Wildman–Crippen LogP) is 0.403. The van der Waals surface area contributed by atoms with Crippen molar-refractivity contribution in [2.24, 2.45) is 0 Å². The SMILES string of the molecule is COC(=O)C1CCC(S(=O)(=O)C(C)C)N1C. The second-order valence-corrected chi connectivity index (χ2v) is 7.04. The van der Waals surface area contributed by atoms with E-state index in [1.807, 2.05) is 0 Å². The van der Waals surface area contributed by atoms with Crippen LogP contribution in [0, 0.1) is 0 Å². The molecule has 0 bridgehead atoms. The van der Waals surface area contributed by atoms with Crippen LogP contribution in [0.25, 0.3) is 0 Å². The Morgan fingerprint density at radius 2 is 1.94 bits per heavy atom. The van der Waals surface area contributed by atoms with Crippen LogP contribution in [0.1, 0.15) is 26.7 Å². The second kappa shape index (κ2) is 4.71. The molecule has 0 saturated carbocycles. The number of carbonyl (C=O) groups is 1. The highest BCUT2D eigenvalue weighted by Gasteiger charge is 2.43. The summed E-state index contributed by atoms with van der Waals surface area (Å²) in [5.41, 5.74) is 0. The monoisotopic (exact) mass is 249 g/mol. The molecule has 1 aliphatic rings. The van der Waals surface area contributed by atoms with E-state index < -0.39 is 26.5 Å². The fourth-order valence-electron chi connectivity index (χ4n) is 2.04. The standard InChI is InChI=1S/C10H19NO4S/c1-7(2)16(13,14)9-6-5-8(11(9)3)10(12)15-4/h7-9H,5-6H2,1-4H3. The van der Waals surface area contributed by atoms with Gasteiger partial charge in [-0.1, -0.05) is 0 Å². The summed E-state index contributed by atoms with van der Waals surface area (Å²) >= 11 is 0. The number of hydrogen-bond donors (Lipinski definition) is 0. The van der Waals surface area contributed by atoms with E-state index in [0.29, 0.717) is 12.8 Å². The van der Waals surface area contributed by atoms with Gasteiger partial charge in [-0.2, -0.15) is 0 Å². The maximum Gasteiger partial charge on any atom is 0.323 e. The third-order valence-electron chi connectivity index (χ3n) is 3.14. The van der Waals surface area contributed by atoms with Crippen LogP contribution in [0.5, 0.6) is 0 Å². The molecule has 1 aliphatic heterocycles. The van der Waals surface area contributed by atoms with Crippen molar-refractivity contribution in [1.82, 2.24) is 4.90 Å². The minimum absolute atomic E-state index is 0.357.